The highest BCUT2D eigenvalue weighted by Gasteiger charge is 2.40. The predicted octanol–water partition coefficient (Wildman–Crippen LogP) is 2.72. The molecule has 1 rings (SSSR count). The van der Waals surface area contributed by atoms with Crippen LogP contribution in [0.1, 0.15) is 11.7 Å². The van der Waals surface area contributed by atoms with Gasteiger partial charge >= 0.3 is 6.11 Å². The molecular weight excluding hydrogens is 169 g/mol. The molecule has 0 spiro atoms. The Hall–Kier alpha value is -1.03. The van der Waals surface area contributed by atoms with E-state index in [0.717, 1.165) is 12.1 Å². The first-order chi connectivity index (χ1) is 5.52. The second kappa shape index (κ2) is 3.15. The van der Waals surface area contributed by atoms with Crippen molar-refractivity contribution in [3.63, 3.8) is 0 Å². The summed E-state index contributed by atoms with van der Waals surface area (Å²) in [5.74, 6) is 0. The third-order valence-electron chi connectivity index (χ3n) is 1.39. The van der Waals surface area contributed by atoms with E-state index in [1.54, 1.807) is 6.07 Å². The third-order valence-corrected chi connectivity index (χ3v) is 1.39. The molecule has 4 heteroatoms. The highest BCUT2D eigenvalue weighted by atomic mass is 19.3. The lowest BCUT2D eigenvalue weighted by Crippen LogP contribution is -2.20. The van der Waals surface area contributed by atoms with Crippen LogP contribution < -0.4 is 0 Å². The fraction of sp³-hybridized carbons (Fsp3) is 0.250. The number of hydrogen-bond donors (Lipinski definition) is 0. The van der Waals surface area contributed by atoms with Gasteiger partial charge in [0.15, 0.2) is 0 Å². The largest absolute Gasteiger partial charge is 0.416 e. The monoisotopic (exact) mass is 175 g/mol. The van der Waals surface area contributed by atoms with Crippen LogP contribution in [0.3, 0.4) is 0 Å². The predicted molar refractivity (Wildman–Crippen MR) is 35.9 cm³/mol. The molecule has 0 saturated heterocycles. The van der Waals surface area contributed by atoms with Crippen LogP contribution >= 0.6 is 0 Å². The smallest absolute Gasteiger partial charge is 0.232 e. The lowest BCUT2D eigenvalue weighted by atomic mass is 10.1. The summed E-state index contributed by atoms with van der Waals surface area (Å²) in [6, 6.07) is 6.65. The quantitative estimate of drug-likeness (QED) is 0.658. The zero-order chi connectivity index (χ0) is 9.19. The minimum absolute atomic E-state index is 0.294. The van der Waals surface area contributed by atoms with Crippen molar-refractivity contribution >= 4 is 0 Å². The van der Waals surface area contributed by atoms with Gasteiger partial charge in [-0.05, 0) is 5.56 Å². The molecule has 0 heterocycles. The molecule has 12 heavy (non-hydrogen) atoms. The van der Waals surface area contributed by atoms with Gasteiger partial charge in [-0.2, -0.15) is 13.9 Å². The van der Waals surface area contributed by atoms with E-state index in [1.807, 2.05) is 0 Å². The van der Waals surface area contributed by atoms with Gasteiger partial charge in [-0.25, -0.2) is 4.39 Å². The van der Waals surface area contributed by atoms with Crippen LogP contribution in [0.4, 0.5) is 13.2 Å². The van der Waals surface area contributed by atoms with Gasteiger partial charge in [-0.1, -0.05) is 30.3 Å². The number of rotatable bonds is 2. The summed E-state index contributed by atoms with van der Waals surface area (Å²) >= 11 is 0. The standard InChI is InChI=1S/C8H6F3O/c9-7(8(10,11)12)6-4-2-1-3-5-6/h1-5,7H. The molecule has 0 fully saturated rings. The van der Waals surface area contributed by atoms with Gasteiger partial charge in [0.1, 0.15) is 0 Å². The minimum Gasteiger partial charge on any atom is -0.232 e. The molecule has 65 valence electrons. The van der Waals surface area contributed by atoms with Crippen molar-refractivity contribution in [2.24, 2.45) is 0 Å². The van der Waals surface area contributed by atoms with E-state index in [9.17, 15) is 18.3 Å². The summed E-state index contributed by atoms with van der Waals surface area (Å²) in [6.45, 7) is 0. The van der Waals surface area contributed by atoms with Gasteiger partial charge in [0.25, 0.3) is 0 Å². The average Bonchev–Trinajstić information content (AvgIpc) is 2.03. The van der Waals surface area contributed by atoms with E-state index in [2.05, 4.69) is 0 Å². The van der Waals surface area contributed by atoms with Gasteiger partial charge in [-0.3, -0.25) is 0 Å². The van der Waals surface area contributed by atoms with Crippen molar-refractivity contribution in [1.82, 2.24) is 0 Å². The molecule has 0 aromatic heterocycles. The molecule has 1 unspecified atom stereocenters. The van der Waals surface area contributed by atoms with Crippen molar-refractivity contribution in [2.75, 3.05) is 0 Å². The van der Waals surface area contributed by atoms with Crippen LogP contribution in [-0.2, 0) is 5.11 Å². The molecule has 0 saturated carbocycles. The second-order valence-corrected chi connectivity index (χ2v) is 2.34. The van der Waals surface area contributed by atoms with Gasteiger partial charge in [0, 0.05) is 0 Å². The van der Waals surface area contributed by atoms with Gasteiger partial charge in [-0.15, -0.1) is 0 Å². The Kier molecular flexibility index (Phi) is 2.38. The summed E-state index contributed by atoms with van der Waals surface area (Å²) in [4.78, 5) is 0. The van der Waals surface area contributed by atoms with Crippen LogP contribution in [0.25, 0.3) is 0 Å². The lowest BCUT2D eigenvalue weighted by molar-refractivity contribution is -0.280. The van der Waals surface area contributed by atoms with Crippen molar-refractivity contribution in [3.05, 3.63) is 35.9 Å². The number of alkyl halides is 3. The van der Waals surface area contributed by atoms with E-state index in [-0.39, 0.29) is 5.56 Å². The van der Waals surface area contributed by atoms with Crippen LogP contribution in [0, 0.1) is 0 Å². The molecule has 1 radical (unpaired) electrons. The van der Waals surface area contributed by atoms with Crippen LogP contribution in [-0.4, -0.2) is 6.11 Å². The lowest BCUT2D eigenvalue weighted by Gasteiger charge is -2.11. The Morgan fingerprint density at radius 2 is 1.67 bits per heavy atom. The highest BCUT2D eigenvalue weighted by Crippen LogP contribution is 2.32. The number of halogens is 3. The van der Waals surface area contributed by atoms with Crippen molar-refractivity contribution in [3.8, 4) is 0 Å². The summed E-state index contributed by atoms with van der Waals surface area (Å²) in [5.41, 5.74) is -0.294. The van der Waals surface area contributed by atoms with E-state index in [0.29, 0.717) is 0 Å². The zero-order valence-corrected chi connectivity index (χ0v) is 6.01. The Labute approximate surface area is 67.5 Å². The number of hydrogen-bond acceptors (Lipinski definition) is 0. The van der Waals surface area contributed by atoms with Crippen molar-refractivity contribution in [2.45, 2.75) is 12.3 Å². The normalized spacial score (nSPS) is 14.3. The first-order valence-electron chi connectivity index (χ1n) is 3.29. The highest BCUT2D eigenvalue weighted by molar-refractivity contribution is 5.18. The first kappa shape index (κ1) is 9.06. The fourth-order valence-electron chi connectivity index (χ4n) is 0.816. The van der Waals surface area contributed by atoms with Crippen LogP contribution in [0.5, 0.6) is 0 Å². The van der Waals surface area contributed by atoms with E-state index in [4.69, 9.17) is 0 Å². The molecule has 1 aromatic rings. The maximum absolute atomic E-state index is 12.6. The molecule has 0 N–H and O–H groups in total. The average molecular weight is 175 g/mol. The van der Waals surface area contributed by atoms with E-state index in [1.165, 1.54) is 12.1 Å². The Morgan fingerprint density at radius 3 is 2.08 bits per heavy atom. The van der Waals surface area contributed by atoms with Crippen LogP contribution in [0.15, 0.2) is 30.3 Å². The van der Waals surface area contributed by atoms with Gasteiger partial charge in [0.05, 0.1) is 0 Å². The molecule has 1 nitrogen and oxygen atoms in total. The molecule has 0 aliphatic carbocycles. The molecule has 1 aromatic carbocycles. The van der Waals surface area contributed by atoms with Gasteiger partial charge < -0.3 is 0 Å². The van der Waals surface area contributed by atoms with E-state index < -0.39 is 12.3 Å². The summed E-state index contributed by atoms with van der Waals surface area (Å²) in [6.07, 6.45) is -7.32. The maximum atomic E-state index is 12.6. The number of benzene rings is 1. The molecule has 1 atom stereocenters. The molecule has 0 bridgehead atoms. The Bertz CT molecular complexity index is 242. The molecular formula is C8H6F3O. The Morgan fingerprint density at radius 1 is 1.17 bits per heavy atom. The molecule has 0 aliphatic heterocycles. The summed E-state index contributed by atoms with van der Waals surface area (Å²) < 4.78 is 36.3. The molecule has 0 aliphatic rings. The van der Waals surface area contributed by atoms with E-state index >= 15 is 0 Å². The molecule has 0 amide bonds. The third kappa shape index (κ3) is 1.98. The van der Waals surface area contributed by atoms with Gasteiger partial charge in [0.2, 0.25) is 6.17 Å². The first-order valence-corrected chi connectivity index (χ1v) is 3.29. The zero-order valence-electron chi connectivity index (χ0n) is 6.01. The van der Waals surface area contributed by atoms with Crippen LogP contribution in [0.2, 0.25) is 0 Å². The minimum atomic E-state index is -4.55. The Balaban J connectivity index is 2.86. The second-order valence-electron chi connectivity index (χ2n) is 2.34. The summed E-state index contributed by atoms with van der Waals surface area (Å²) in [5, 5.41) is 9.90. The fourth-order valence-corrected chi connectivity index (χ4v) is 0.816. The van der Waals surface area contributed by atoms with Crippen molar-refractivity contribution in [1.29, 1.82) is 0 Å². The topological polar surface area (TPSA) is 19.9 Å². The maximum Gasteiger partial charge on any atom is 0.416 e. The SMILES string of the molecule is [O]C(F)(F)C(F)c1ccccc1. The van der Waals surface area contributed by atoms with Crippen molar-refractivity contribution < 1.29 is 18.3 Å². The summed E-state index contributed by atoms with van der Waals surface area (Å²) in [7, 11) is 0.